The van der Waals surface area contributed by atoms with E-state index in [2.05, 4.69) is 4.98 Å². The van der Waals surface area contributed by atoms with Crippen molar-refractivity contribution < 1.29 is 9.59 Å². The largest absolute Gasteiger partial charge is 0.344 e. The van der Waals surface area contributed by atoms with Crippen molar-refractivity contribution in [3.63, 3.8) is 0 Å². The molecular weight excluding hydrogens is 322 g/mol. The molecule has 2 heterocycles. The van der Waals surface area contributed by atoms with Gasteiger partial charge < -0.3 is 9.80 Å². The van der Waals surface area contributed by atoms with Crippen molar-refractivity contribution in [2.75, 3.05) is 20.6 Å². The Morgan fingerprint density at radius 2 is 1.96 bits per heavy atom. The second kappa shape index (κ2) is 7.13. The molecule has 0 radical (unpaired) electrons. The third-order valence-electron chi connectivity index (χ3n) is 4.21. The summed E-state index contributed by atoms with van der Waals surface area (Å²) in [7, 11) is 3.46. The summed E-state index contributed by atoms with van der Waals surface area (Å²) in [6, 6.07) is 9.31. The first kappa shape index (κ1) is 16.6. The Bertz CT molecular complexity index is 727. The van der Waals surface area contributed by atoms with E-state index in [1.54, 1.807) is 25.2 Å². The Hall–Kier alpha value is -2.21. The normalized spacial score (nSPS) is 17.6. The second-order valence-electron chi connectivity index (χ2n) is 6.14. The fourth-order valence-electron chi connectivity index (χ4n) is 2.94. The van der Waals surface area contributed by atoms with Crippen LogP contribution in [0.1, 0.15) is 50.3 Å². The molecule has 1 aliphatic heterocycles. The van der Waals surface area contributed by atoms with Crippen LogP contribution in [0.2, 0.25) is 0 Å². The van der Waals surface area contributed by atoms with E-state index in [4.69, 9.17) is 0 Å². The van der Waals surface area contributed by atoms with Crippen molar-refractivity contribution in [1.29, 1.82) is 0 Å². The highest BCUT2D eigenvalue weighted by molar-refractivity contribution is 7.13. The smallest absolute Gasteiger partial charge is 0.265 e. The average Bonchev–Trinajstić information content (AvgIpc) is 3.11. The SMILES string of the molecule is CN(C)C(=O)c1cnc([C@@H]2CCCCN2C(=O)c2ccccc2)s1. The van der Waals surface area contributed by atoms with Crippen LogP contribution in [-0.2, 0) is 0 Å². The van der Waals surface area contributed by atoms with Crippen LogP contribution in [0.4, 0.5) is 0 Å². The molecule has 0 bridgehead atoms. The van der Waals surface area contributed by atoms with Crippen LogP contribution < -0.4 is 0 Å². The molecule has 2 aromatic rings. The van der Waals surface area contributed by atoms with Gasteiger partial charge in [0.05, 0.1) is 12.2 Å². The van der Waals surface area contributed by atoms with Gasteiger partial charge in [0, 0.05) is 26.2 Å². The van der Waals surface area contributed by atoms with Gasteiger partial charge in [0.2, 0.25) is 0 Å². The van der Waals surface area contributed by atoms with E-state index in [1.807, 2.05) is 35.2 Å². The number of aromatic nitrogens is 1. The molecule has 1 saturated heterocycles. The summed E-state index contributed by atoms with van der Waals surface area (Å²) in [5.74, 6) is -0.00789. The van der Waals surface area contributed by atoms with E-state index in [0.717, 1.165) is 30.8 Å². The Morgan fingerprint density at radius 3 is 2.67 bits per heavy atom. The molecule has 1 aromatic heterocycles. The minimum Gasteiger partial charge on any atom is -0.344 e. The van der Waals surface area contributed by atoms with Gasteiger partial charge in [0.25, 0.3) is 11.8 Å². The van der Waals surface area contributed by atoms with Gasteiger partial charge in [0.1, 0.15) is 9.88 Å². The number of likely N-dealkylation sites (tertiary alicyclic amines) is 1. The Morgan fingerprint density at radius 1 is 1.21 bits per heavy atom. The summed E-state index contributed by atoms with van der Waals surface area (Å²) >= 11 is 1.40. The topological polar surface area (TPSA) is 53.5 Å². The highest BCUT2D eigenvalue weighted by Gasteiger charge is 2.31. The molecule has 0 spiro atoms. The number of benzene rings is 1. The zero-order valence-corrected chi connectivity index (χ0v) is 14.8. The standard InChI is InChI=1S/C18H21N3O2S/c1-20(2)18(23)15-12-19-16(24-15)14-10-6-7-11-21(14)17(22)13-8-4-3-5-9-13/h3-5,8-9,12,14H,6-7,10-11H2,1-2H3/t14-/m0/s1. The molecule has 0 aliphatic carbocycles. The number of rotatable bonds is 3. The number of hydrogen-bond acceptors (Lipinski definition) is 4. The van der Waals surface area contributed by atoms with Crippen LogP contribution in [0.25, 0.3) is 0 Å². The van der Waals surface area contributed by atoms with Gasteiger partial charge in [0.15, 0.2) is 0 Å². The molecule has 0 unspecified atom stereocenters. The van der Waals surface area contributed by atoms with Crippen molar-refractivity contribution in [2.24, 2.45) is 0 Å². The second-order valence-corrected chi connectivity index (χ2v) is 7.20. The molecule has 24 heavy (non-hydrogen) atoms. The Balaban J connectivity index is 1.85. The first-order chi connectivity index (χ1) is 11.6. The summed E-state index contributed by atoms with van der Waals surface area (Å²) in [5.41, 5.74) is 0.700. The lowest BCUT2D eigenvalue weighted by Gasteiger charge is -2.34. The highest BCUT2D eigenvalue weighted by Crippen LogP contribution is 2.34. The third kappa shape index (κ3) is 3.33. The number of thiazole rings is 1. The molecule has 1 fully saturated rings. The number of carbonyl (C=O) groups excluding carboxylic acids is 2. The molecule has 1 aliphatic rings. The predicted octanol–water partition coefficient (Wildman–Crippen LogP) is 3.21. The van der Waals surface area contributed by atoms with Gasteiger partial charge in [-0.3, -0.25) is 9.59 Å². The van der Waals surface area contributed by atoms with E-state index in [1.165, 1.54) is 11.3 Å². The molecule has 6 heteroatoms. The number of amides is 2. The summed E-state index contributed by atoms with van der Waals surface area (Å²) in [5, 5.41) is 0.851. The molecule has 5 nitrogen and oxygen atoms in total. The highest BCUT2D eigenvalue weighted by atomic mass is 32.1. The predicted molar refractivity (Wildman–Crippen MR) is 94.2 cm³/mol. The molecule has 1 atom stereocenters. The quantitative estimate of drug-likeness (QED) is 0.860. The van der Waals surface area contributed by atoms with Crippen LogP contribution in [0.15, 0.2) is 36.5 Å². The number of hydrogen-bond donors (Lipinski definition) is 0. The van der Waals surface area contributed by atoms with Gasteiger partial charge in [-0.1, -0.05) is 18.2 Å². The van der Waals surface area contributed by atoms with Crippen LogP contribution in [0, 0.1) is 0 Å². The summed E-state index contributed by atoms with van der Waals surface area (Å²) in [6.07, 6.45) is 4.59. The van der Waals surface area contributed by atoms with E-state index in [0.29, 0.717) is 10.4 Å². The van der Waals surface area contributed by atoms with Crippen molar-refractivity contribution in [3.05, 3.63) is 52.0 Å². The first-order valence-electron chi connectivity index (χ1n) is 8.11. The lowest BCUT2D eigenvalue weighted by molar-refractivity contribution is 0.0611. The monoisotopic (exact) mass is 343 g/mol. The van der Waals surface area contributed by atoms with Gasteiger partial charge in [-0.05, 0) is 31.4 Å². The summed E-state index contributed by atoms with van der Waals surface area (Å²) < 4.78 is 0. The molecule has 1 aromatic carbocycles. The van der Waals surface area contributed by atoms with Crippen molar-refractivity contribution in [2.45, 2.75) is 25.3 Å². The zero-order valence-electron chi connectivity index (χ0n) is 13.9. The first-order valence-corrected chi connectivity index (χ1v) is 8.93. The van der Waals surface area contributed by atoms with Crippen LogP contribution in [-0.4, -0.2) is 47.2 Å². The van der Waals surface area contributed by atoms with Crippen molar-refractivity contribution >= 4 is 23.2 Å². The third-order valence-corrected chi connectivity index (χ3v) is 5.30. The maximum absolute atomic E-state index is 12.9. The van der Waals surface area contributed by atoms with Crippen LogP contribution in [0.5, 0.6) is 0 Å². The summed E-state index contributed by atoms with van der Waals surface area (Å²) in [6.45, 7) is 0.731. The number of carbonyl (C=O) groups is 2. The Labute approximate surface area is 145 Å². The zero-order chi connectivity index (χ0) is 17.1. The Kier molecular flexibility index (Phi) is 4.94. The van der Waals surface area contributed by atoms with Crippen LogP contribution in [0.3, 0.4) is 0 Å². The van der Waals surface area contributed by atoms with Gasteiger partial charge >= 0.3 is 0 Å². The minimum absolute atomic E-state index is 0.0380. The van der Waals surface area contributed by atoms with Crippen LogP contribution >= 0.6 is 11.3 Å². The van der Waals surface area contributed by atoms with E-state index < -0.39 is 0 Å². The number of piperidine rings is 1. The maximum atomic E-state index is 12.9. The molecule has 126 valence electrons. The van der Waals surface area contributed by atoms with E-state index in [9.17, 15) is 9.59 Å². The number of nitrogens with zero attached hydrogens (tertiary/aromatic N) is 3. The van der Waals surface area contributed by atoms with E-state index in [-0.39, 0.29) is 17.9 Å². The van der Waals surface area contributed by atoms with Gasteiger partial charge in [-0.2, -0.15) is 0 Å². The average molecular weight is 343 g/mol. The lowest BCUT2D eigenvalue weighted by atomic mass is 10.0. The van der Waals surface area contributed by atoms with Gasteiger partial charge in [-0.15, -0.1) is 11.3 Å². The van der Waals surface area contributed by atoms with Gasteiger partial charge in [-0.25, -0.2) is 4.98 Å². The molecule has 0 N–H and O–H groups in total. The fraction of sp³-hybridized carbons (Fsp3) is 0.389. The summed E-state index contributed by atoms with van der Waals surface area (Å²) in [4.78, 5) is 33.5. The van der Waals surface area contributed by atoms with E-state index >= 15 is 0 Å². The molecule has 2 amide bonds. The molecular formula is C18H21N3O2S. The van der Waals surface area contributed by atoms with Crippen molar-refractivity contribution in [1.82, 2.24) is 14.8 Å². The lowest BCUT2D eigenvalue weighted by Crippen LogP contribution is -2.38. The minimum atomic E-state index is -0.0458. The van der Waals surface area contributed by atoms with Crippen molar-refractivity contribution in [3.8, 4) is 0 Å². The molecule has 3 rings (SSSR count). The fourth-order valence-corrected chi connectivity index (χ4v) is 4.03. The molecule has 0 saturated carbocycles. The maximum Gasteiger partial charge on any atom is 0.265 e.